The number of anilines is 2. The molecule has 2 atom stereocenters. The molecule has 11 rings (SSSR count). The van der Waals surface area contributed by atoms with Gasteiger partial charge >= 0.3 is 0 Å². The van der Waals surface area contributed by atoms with Crippen molar-refractivity contribution in [3.63, 3.8) is 0 Å². The summed E-state index contributed by atoms with van der Waals surface area (Å²) >= 11 is 1.90. The molecule has 3 heteroatoms. The Hall–Kier alpha value is -6.16. The Bertz CT molecular complexity index is 3060. The van der Waals surface area contributed by atoms with Gasteiger partial charge < -0.3 is 9.30 Å². The molecule has 1 aliphatic carbocycles. The van der Waals surface area contributed by atoms with E-state index in [0.29, 0.717) is 5.92 Å². The third-order valence-corrected chi connectivity index (χ3v) is 12.6. The van der Waals surface area contributed by atoms with E-state index in [0.717, 1.165) is 11.1 Å². The van der Waals surface area contributed by atoms with Gasteiger partial charge in [0.05, 0.1) is 22.6 Å². The van der Waals surface area contributed by atoms with E-state index < -0.39 is 0 Å². The van der Waals surface area contributed by atoms with Crippen LogP contribution in [0.15, 0.2) is 164 Å². The van der Waals surface area contributed by atoms with Crippen molar-refractivity contribution >= 4 is 87.4 Å². The second-order valence-corrected chi connectivity index (χ2v) is 15.2. The van der Waals surface area contributed by atoms with Crippen molar-refractivity contribution in [2.24, 2.45) is 0 Å². The maximum atomic E-state index is 4.61. The van der Waals surface area contributed by atoms with Gasteiger partial charge in [-0.2, -0.15) is 0 Å². The highest BCUT2D eigenvalue weighted by Gasteiger charge is 2.38. The van der Waals surface area contributed by atoms with Crippen molar-refractivity contribution < 1.29 is 0 Å². The zero-order valence-electron chi connectivity index (χ0n) is 28.8. The van der Waals surface area contributed by atoms with Gasteiger partial charge in [0.1, 0.15) is 0 Å². The summed E-state index contributed by atoms with van der Waals surface area (Å²) in [5.74, 6) is 0.290. The number of aryl methyl sites for hydroxylation is 1. The van der Waals surface area contributed by atoms with E-state index in [1.807, 2.05) is 11.3 Å². The van der Waals surface area contributed by atoms with E-state index in [1.54, 1.807) is 0 Å². The van der Waals surface area contributed by atoms with Crippen LogP contribution in [0.25, 0.3) is 64.7 Å². The fourth-order valence-corrected chi connectivity index (χ4v) is 10.3. The molecule has 4 heterocycles. The normalized spacial score (nSPS) is 17.1. The van der Waals surface area contributed by atoms with Crippen molar-refractivity contribution in [3.8, 4) is 0 Å². The minimum absolute atomic E-state index is 0.179. The molecule has 52 heavy (non-hydrogen) atoms. The highest BCUT2D eigenvalue weighted by molar-refractivity contribution is 7.26. The number of fused-ring (bicyclic) bond motifs is 11. The lowest BCUT2D eigenvalue weighted by Gasteiger charge is -2.30. The van der Waals surface area contributed by atoms with Gasteiger partial charge in [-0.15, -0.1) is 11.3 Å². The zero-order valence-corrected chi connectivity index (χ0v) is 29.6. The standard InChI is InChI=1S/C49H34N2S/c1-30(28-42-38-14-5-9-20-45(38)51-43-18-7-3-12-35(43)31(2)48(42)51)32-22-25-34(26-23-32)50-44-19-8-4-13-37(44)39-27-24-33(29-46(39)50)36-16-11-17-41-40-15-6-10-21-47(40)52-49(36)41/h3-29,39,46H,1H2,2H3/b42-28-. The molecule has 2 unspecified atom stereocenters. The van der Waals surface area contributed by atoms with Gasteiger partial charge in [-0.05, 0) is 82.8 Å². The van der Waals surface area contributed by atoms with Crippen molar-refractivity contribution in [2.75, 3.05) is 4.90 Å². The maximum absolute atomic E-state index is 4.61. The molecule has 0 saturated carbocycles. The van der Waals surface area contributed by atoms with E-state index in [9.17, 15) is 0 Å². The molecule has 0 spiro atoms. The molecule has 1 aliphatic heterocycles. The average molecular weight is 683 g/mol. The van der Waals surface area contributed by atoms with Gasteiger partial charge in [-0.3, -0.25) is 0 Å². The molecule has 0 saturated heterocycles. The zero-order chi connectivity index (χ0) is 34.5. The van der Waals surface area contributed by atoms with Crippen LogP contribution in [0, 0.1) is 6.92 Å². The van der Waals surface area contributed by atoms with Gasteiger partial charge in [0.25, 0.3) is 0 Å². The van der Waals surface area contributed by atoms with Crippen LogP contribution < -0.4 is 10.1 Å². The lowest BCUT2D eigenvalue weighted by atomic mass is 9.86. The number of hydrogen-bond donors (Lipinski definition) is 0. The summed E-state index contributed by atoms with van der Waals surface area (Å²) < 4.78 is 5.12. The summed E-state index contributed by atoms with van der Waals surface area (Å²) in [5.41, 5.74) is 13.6. The van der Waals surface area contributed by atoms with Crippen LogP contribution in [0.3, 0.4) is 0 Å². The summed E-state index contributed by atoms with van der Waals surface area (Å²) in [6.07, 6.45) is 9.56. The summed E-state index contributed by atoms with van der Waals surface area (Å²) in [4.78, 5) is 2.54. The summed E-state index contributed by atoms with van der Waals surface area (Å²) in [6, 6.07) is 51.1. The van der Waals surface area contributed by atoms with Crippen molar-refractivity contribution in [1.82, 2.24) is 4.40 Å². The van der Waals surface area contributed by atoms with Crippen molar-refractivity contribution in [1.29, 1.82) is 0 Å². The number of aromatic nitrogens is 1. The number of thiophene rings is 1. The van der Waals surface area contributed by atoms with Gasteiger partial charge in [0.15, 0.2) is 0 Å². The molecule has 2 aliphatic rings. The second-order valence-electron chi connectivity index (χ2n) is 14.2. The average Bonchev–Trinajstić information content (AvgIpc) is 3.92. The lowest BCUT2D eigenvalue weighted by molar-refractivity contribution is 0.747. The van der Waals surface area contributed by atoms with Crippen LogP contribution in [0.4, 0.5) is 11.4 Å². The smallest absolute Gasteiger partial charge is 0.0635 e. The quantitative estimate of drug-likeness (QED) is 0.179. The molecule has 3 aromatic heterocycles. The maximum Gasteiger partial charge on any atom is 0.0635 e. The molecule has 246 valence electrons. The lowest BCUT2D eigenvalue weighted by Crippen LogP contribution is -2.29. The molecule has 0 radical (unpaired) electrons. The Balaban J connectivity index is 0.995. The predicted octanol–water partition coefficient (Wildman–Crippen LogP) is 12.4. The molecule has 0 fully saturated rings. The summed E-state index contributed by atoms with van der Waals surface area (Å²) in [5, 5.41) is 6.46. The number of para-hydroxylation sites is 3. The topological polar surface area (TPSA) is 7.65 Å². The Morgan fingerprint density at radius 3 is 2.23 bits per heavy atom. The first-order valence-corrected chi connectivity index (χ1v) is 18.9. The Kier molecular flexibility index (Phi) is 6.35. The van der Waals surface area contributed by atoms with Crippen molar-refractivity contribution in [2.45, 2.75) is 18.9 Å². The number of allylic oxidation sites excluding steroid dienone is 3. The molecular weight excluding hydrogens is 649 g/mol. The van der Waals surface area contributed by atoms with Crippen LogP contribution in [0.1, 0.15) is 28.2 Å². The highest BCUT2D eigenvalue weighted by atomic mass is 32.1. The summed E-state index contributed by atoms with van der Waals surface area (Å²) in [6.45, 7) is 6.86. The predicted molar refractivity (Wildman–Crippen MR) is 224 cm³/mol. The van der Waals surface area contributed by atoms with Crippen molar-refractivity contribution in [3.05, 3.63) is 192 Å². The SMILES string of the molecule is C=C(/C=c1/c2ccccc2n2c1c(C)c1ccccc12)c1ccc(N2c3ccccc3C3C=CC(c4cccc5c4sc4ccccc45)=CC32)cc1. The first-order valence-electron chi connectivity index (χ1n) is 18.0. The third kappa shape index (κ3) is 4.17. The van der Waals surface area contributed by atoms with E-state index in [1.165, 1.54) is 86.4 Å². The Morgan fingerprint density at radius 2 is 1.38 bits per heavy atom. The molecule has 0 N–H and O–H groups in total. The first-order chi connectivity index (χ1) is 25.6. The molecule has 9 aromatic rings. The van der Waals surface area contributed by atoms with Crippen LogP contribution in [0.5, 0.6) is 0 Å². The minimum atomic E-state index is 0.179. The van der Waals surface area contributed by atoms with Crippen LogP contribution in [0.2, 0.25) is 0 Å². The number of hydrogen-bond acceptors (Lipinski definition) is 2. The van der Waals surface area contributed by atoms with Gasteiger partial charge in [-0.1, -0.05) is 128 Å². The monoisotopic (exact) mass is 682 g/mol. The fourth-order valence-electron chi connectivity index (χ4n) is 9.04. The van der Waals surface area contributed by atoms with E-state index in [2.05, 4.69) is 187 Å². The van der Waals surface area contributed by atoms with Gasteiger partial charge in [-0.25, -0.2) is 0 Å². The minimum Gasteiger partial charge on any atom is -0.333 e. The van der Waals surface area contributed by atoms with Gasteiger partial charge in [0.2, 0.25) is 0 Å². The molecule has 6 aromatic carbocycles. The molecular formula is C49H34N2S. The fraction of sp³-hybridized carbons (Fsp3) is 0.0612. The van der Waals surface area contributed by atoms with E-state index >= 15 is 0 Å². The number of benzene rings is 6. The first kappa shape index (κ1) is 29.6. The Morgan fingerprint density at radius 1 is 0.692 bits per heavy atom. The third-order valence-electron chi connectivity index (χ3n) is 11.4. The van der Waals surface area contributed by atoms with Crippen LogP contribution >= 0.6 is 11.3 Å². The highest BCUT2D eigenvalue weighted by Crippen LogP contribution is 2.50. The number of nitrogens with zero attached hydrogens (tertiary/aromatic N) is 2. The summed E-state index contributed by atoms with van der Waals surface area (Å²) in [7, 11) is 0. The molecule has 0 amide bonds. The Labute approximate surface area is 306 Å². The van der Waals surface area contributed by atoms with E-state index in [4.69, 9.17) is 0 Å². The molecule has 0 bridgehead atoms. The van der Waals surface area contributed by atoms with Gasteiger partial charge in [0, 0.05) is 53.5 Å². The second kappa shape index (κ2) is 11.2. The largest absolute Gasteiger partial charge is 0.333 e. The van der Waals surface area contributed by atoms with Crippen LogP contribution in [-0.2, 0) is 0 Å². The van der Waals surface area contributed by atoms with E-state index in [-0.39, 0.29) is 6.04 Å². The number of rotatable bonds is 4. The van der Waals surface area contributed by atoms with Crippen LogP contribution in [-0.4, -0.2) is 10.4 Å². The molecule has 2 nitrogen and oxygen atoms in total.